The highest BCUT2D eigenvalue weighted by Crippen LogP contribution is 2.40. The second-order valence-corrected chi connectivity index (χ2v) is 5.25. The van der Waals surface area contributed by atoms with Gasteiger partial charge in [-0.2, -0.15) is 0 Å². The van der Waals surface area contributed by atoms with Crippen LogP contribution in [0.2, 0.25) is 0 Å². The predicted molar refractivity (Wildman–Crippen MR) is 79.5 cm³/mol. The van der Waals surface area contributed by atoms with Crippen LogP contribution in [0, 0.1) is 5.92 Å². The van der Waals surface area contributed by atoms with Crippen molar-refractivity contribution in [2.45, 2.75) is 32.4 Å². The van der Waals surface area contributed by atoms with E-state index in [-0.39, 0.29) is 6.04 Å². The van der Waals surface area contributed by atoms with Gasteiger partial charge >= 0.3 is 0 Å². The maximum absolute atomic E-state index is 5.74. The van der Waals surface area contributed by atoms with Crippen molar-refractivity contribution in [3.8, 4) is 11.5 Å². The van der Waals surface area contributed by atoms with Crippen molar-refractivity contribution in [1.29, 1.82) is 0 Å². The van der Waals surface area contributed by atoms with E-state index in [2.05, 4.69) is 19.2 Å². The number of rotatable bonds is 6. The molecule has 2 rings (SSSR count). The summed E-state index contributed by atoms with van der Waals surface area (Å²) in [6.45, 7) is 5.92. The van der Waals surface area contributed by atoms with E-state index in [4.69, 9.17) is 14.2 Å². The van der Waals surface area contributed by atoms with Crippen LogP contribution in [0.4, 0.5) is 0 Å². The summed E-state index contributed by atoms with van der Waals surface area (Å²) in [4.78, 5) is 0. The molecule has 0 radical (unpaired) electrons. The van der Waals surface area contributed by atoms with Gasteiger partial charge in [0.05, 0.1) is 32.5 Å². The summed E-state index contributed by atoms with van der Waals surface area (Å²) in [6.07, 6.45) is 1.38. The van der Waals surface area contributed by atoms with Crippen LogP contribution < -0.4 is 14.8 Å². The molecule has 1 aliphatic rings. The molecule has 0 aromatic heterocycles. The van der Waals surface area contributed by atoms with Crippen molar-refractivity contribution in [2.75, 3.05) is 27.4 Å². The van der Waals surface area contributed by atoms with E-state index in [1.165, 1.54) is 0 Å². The Balaban J connectivity index is 2.37. The molecule has 3 atom stereocenters. The lowest BCUT2D eigenvalue weighted by Gasteiger charge is -2.27. The summed E-state index contributed by atoms with van der Waals surface area (Å²) in [7, 11) is 3.41. The van der Waals surface area contributed by atoms with Crippen molar-refractivity contribution >= 4 is 0 Å². The van der Waals surface area contributed by atoms with Crippen LogP contribution in [-0.2, 0) is 4.74 Å². The highest BCUT2D eigenvalue weighted by Gasteiger charge is 2.33. The zero-order valence-corrected chi connectivity index (χ0v) is 12.8. The van der Waals surface area contributed by atoms with Crippen LogP contribution in [0.25, 0.3) is 0 Å². The molecule has 112 valence electrons. The molecule has 1 fully saturated rings. The minimum absolute atomic E-state index is 0.191. The first kappa shape index (κ1) is 15.1. The average molecular weight is 279 g/mol. The van der Waals surface area contributed by atoms with Gasteiger partial charge in [0.2, 0.25) is 0 Å². The van der Waals surface area contributed by atoms with E-state index in [0.717, 1.165) is 36.6 Å². The van der Waals surface area contributed by atoms with Crippen molar-refractivity contribution < 1.29 is 14.2 Å². The first-order chi connectivity index (χ1) is 9.71. The number of methoxy groups -OCH3 is 2. The second kappa shape index (κ2) is 6.95. The summed E-state index contributed by atoms with van der Waals surface area (Å²) in [5.41, 5.74) is 1.10. The molecule has 1 heterocycles. The first-order valence-electron chi connectivity index (χ1n) is 7.27. The van der Waals surface area contributed by atoms with Gasteiger partial charge in [-0.15, -0.1) is 0 Å². The van der Waals surface area contributed by atoms with Gasteiger partial charge in [-0.05, 0) is 32.0 Å². The fourth-order valence-electron chi connectivity index (χ4n) is 2.99. The van der Waals surface area contributed by atoms with Gasteiger partial charge in [0.25, 0.3) is 0 Å². The standard InChI is InChI=1S/C16H25NO3/c1-5-17-16(12-9-11(2)20-10-12)15-13(18-3)7-6-8-14(15)19-4/h6-8,11-12,16-17H,5,9-10H2,1-4H3. The monoisotopic (exact) mass is 279 g/mol. The van der Waals surface area contributed by atoms with E-state index in [1.807, 2.05) is 18.2 Å². The summed E-state index contributed by atoms with van der Waals surface area (Å²) in [6, 6.07) is 6.12. The van der Waals surface area contributed by atoms with Gasteiger partial charge in [-0.3, -0.25) is 0 Å². The number of hydrogen-bond acceptors (Lipinski definition) is 4. The van der Waals surface area contributed by atoms with Crippen molar-refractivity contribution in [1.82, 2.24) is 5.32 Å². The van der Waals surface area contributed by atoms with Crippen molar-refractivity contribution in [2.24, 2.45) is 5.92 Å². The Morgan fingerprint density at radius 2 is 1.95 bits per heavy atom. The smallest absolute Gasteiger partial charge is 0.127 e. The summed E-state index contributed by atoms with van der Waals surface area (Å²) < 4.78 is 16.8. The van der Waals surface area contributed by atoms with E-state index in [0.29, 0.717) is 12.0 Å². The van der Waals surface area contributed by atoms with Crippen LogP contribution in [-0.4, -0.2) is 33.5 Å². The van der Waals surface area contributed by atoms with Gasteiger partial charge in [-0.1, -0.05) is 13.0 Å². The molecule has 20 heavy (non-hydrogen) atoms. The maximum Gasteiger partial charge on any atom is 0.127 e. The third-order valence-corrected chi connectivity index (χ3v) is 3.90. The fourth-order valence-corrected chi connectivity index (χ4v) is 2.99. The largest absolute Gasteiger partial charge is 0.496 e. The molecule has 0 amide bonds. The lowest BCUT2D eigenvalue weighted by Crippen LogP contribution is -2.29. The zero-order valence-electron chi connectivity index (χ0n) is 12.8. The van der Waals surface area contributed by atoms with Gasteiger partial charge in [0.15, 0.2) is 0 Å². The molecular formula is C16H25NO3. The SMILES string of the molecule is CCNC(c1c(OC)cccc1OC)C1COC(C)C1. The van der Waals surface area contributed by atoms with Crippen LogP contribution >= 0.6 is 0 Å². The Bertz CT molecular complexity index is 413. The molecule has 1 saturated heterocycles. The van der Waals surface area contributed by atoms with Crippen LogP contribution in [0.5, 0.6) is 11.5 Å². The van der Waals surface area contributed by atoms with Gasteiger partial charge in [-0.25, -0.2) is 0 Å². The van der Waals surface area contributed by atoms with E-state index in [9.17, 15) is 0 Å². The number of hydrogen-bond donors (Lipinski definition) is 1. The topological polar surface area (TPSA) is 39.7 Å². The highest BCUT2D eigenvalue weighted by molar-refractivity contribution is 5.47. The molecule has 1 aromatic rings. The number of nitrogens with one attached hydrogen (secondary N) is 1. The average Bonchev–Trinajstić information content (AvgIpc) is 2.90. The molecule has 0 saturated carbocycles. The Labute approximate surface area is 121 Å². The van der Waals surface area contributed by atoms with E-state index in [1.54, 1.807) is 14.2 Å². The Hall–Kier alpha value is -1.26. The molecule has 4 nitrogen and oxygen atoms in total. The van der Waals surface area contributed by atoms with Crippen molar-refractivity contribution in [3.05, 3.63) is 23.8 Å². The summed E-state index contributed by atoms with van der Waals surface area (Å²) >= 11 is 0. The molecule has 3 unspecified atom stereocenters. The van der Waals surface area contributed by atoms with Crippen molar-refractivity contribution in [3.63, 3.8) is 0 Å². The molecule has 1 aromatic carbocycles. The Morgan fingerprint density at radius 3 is 2.40 bits per heavy atom. The van der Waals surface area contributed by atoms with E-state index < -0.39 is 0 Å². The van der Waals surface area contributed by atoms with Crippen LogP contribution in [0.15, 0.2) is 18.2 Å². The molecule has 4 heteroatoms. The molecule has 0 aliphatic carbocycles. The number of ether oxygens (including phenoxy) is 3. The third kappa shape index (κ3) is 3.07. The lowest BCUT2D eigenvalue weighted by atomic mass is 9.89. The maximum atomic E-state index is 5.74. The molecule has 0 bridgehead atoms. The van der Waals surface area contributed by atoms with Crippen LogP contribution in [0.3, 0.4) is 0 Å². The summed E-state index contributed by atoms with van der Waals surface area (Å²) in [5, 5.41) is 3.57. The quantitative estimate of drug-likeness (QED) is 0.869. The second-order valence-electron chi connectivity index (χ2n) is 5.25. The van der Waals surface area contributed by atoms with E-state index >= 15 is 0 Å². The lowest BCUT2D eigenvalue weighted by molar-refractivity contribution is 0.116. The van der Waals surface area contributed by atoms with Gasteiger partial charge in [0, 0.05) is 12.0 Å². The summed E-state index contributed by atoms with van der Waals surface area (Å²) in [5.74, 6) is 2.18. The first-order valence-corrected chi connectivity index (χ1v) is 7.27. The molecule has 1 aliphatic heterocycles. The minimum Gasteiger partial charge on any atom is -0.496 e. The Morgan fingerprint density at radius 1 is 1.30 bits per heavy atom. The van der Waals surface area contributed by atoms with Gasteiger partial charge < -0.3 is 19.5 Å². The minimum atomic E-state index is 0.191. The van der Waals surface area contributed by atoms with Gasteiger partial charge in [0.1, 0.15) is 11.5 Å². The number of benzene rings is 1. The Kier molecular flexibility index (Phi) is 5.26. The third-order valence-electron chi connectivity index (χ3n) is 3.90. The highest BCUT2D eigenvalue weighted by atomic mass is 16.5. The predicted octanol–water partition coefficient (Wildman–Crippen LogP) is 2.78. The fraction of sp³-hybridized carbons (Fsp3) is 0.625. The molecule has 1 N–H and O–H groups in total. The molecular weight excluding hydrogens is 254 g/mol. The van der Waals surface area contributed by atoms with Crippen LogP contribution in [0.1, 0.15) is 31.9 Å². The molecule has 0 spiro atoms. The normalized spacial score (nSPS) is 23.6. The zero-order chi connectivity index (χ0) is 14.5.